The van der Waals surface area contributed by atoms with E-state index in [1.165, 1.54) is 13.2 Å². The van der Waals surface area contributed by atoms with Gasteiger partial charge < -0.3 is 10.4 Å². The van der Waals surface area contributed by atoms with Crippen molar-refractivity contribution in [3.8, 4) is 0 Å². The zero-order valence-electron chi connectivity index (χ0n) is 11.2. The Balaban J connectivity index is 2.07. The summed E-state index contributed by atoms with van der Waals surface area (Å²) < 4.78 is 2.90. The Kier molecular flexibility index (Phi) is 3.83. The number of amides is 1. The van der Waals surface area contributed by atoms with Crippen LogP contribution in [-0.4, -0.2) is 36.5 Å². The molecule has 0 atom stereocenters. The lowest BCUT2D eigenvalue weighted by Gasteiger charge is -2.03. The molecule has 0 fully saturated rings. The van der Waals surface area contributed by atoms with E-state index >= 15 is 0 Å². The summed E-state index contributed by atoms with van der Waals surface area (Å²) in [4.78, 5) is 23.0. The van der Waals surface area contributed by atoms with Gasteiger partial charge in [-0.3, -0.25) is 14.2 Å². The summed E-state index contributed by atoms with van der Waals surface area (Å²) in [5, 5.41) is 19.6. The van der Waals surface area contributed by atoms with E-state index in [-0.39, 0.29) is 17.8 Å². The van der Waals surface area contributed by atoms with Crippen LogP contribution in [0.1, 0.15) is 33.3 Å². The average molecular weight is 277 g/mol. The molecule has 2 aromatic rings. The zero-order chi connectivity index (χ0) is 14.7. The second-order valence-corrected chi connectivity index (χ2v) is 4.22. The molecule has 0 aliphatic rings. The monoisotopic (exact) mass is 277 g/mol. The lowest BCUT2D eigenvalue weighted by Crippen LogP contribution is -2.24. The predicted molar refractivity (Wildman–Crippen MR) is 69.2 cm³/mol. The molecule has 0 unspecified atom stereocenters. The van der Waals surface area contributed by atoms with Crippen molar-refractivity contribution in [1.82, 2.24) is 24.9 Å². The van der Waals surface area contributed by atoms with Gasteiger partial charge in [0.2, 0.25) is 0 Å². The van der Waals surface area contributed by atoms with Gasteiger partial charge in [-0.15, -0.1) is 0 Å². The maximum Gasteiger partial charge on any atom is 0.354 e. The number of nitrogens with one attached hydrogen (secondary N) is 1. The third kappa shape index (κ3) is 2.68. The number of nitrogens with zero attached hydrogens (tertiary/aromatic N) is 4. The number of rotatable bonds is 5. The van der Waals surface area contributed by atoms with Crippen LogP contribution in [0.2, 0.25) is 0 Å². The fraction of sp³-hybridized carbons (Fsp3) is 0.333. The summed E-state index contributed by atoms with van der Waals surface area (Å²) in [6.07, 6.45) is 4.72. The van der Waals surface area contributed by atoms with Crippen molar-refractivity contribution in [3.05, 3.63) is 35.4 Å². The fourth-order valence-electron chi connectivity index (χ4n) is 1.81. The van der Waals surface area contributed by atoms with Gasteiger partial charge in [0.1, 0.15) is 0 Å². The summed E-state index contributed by atoms with van der Waals surface area (Å²) in [5.74, 6) is -1.66. The molecule has 0 spiro atoms. The Labute approximate surface area is 115 Å². The van der Waals surface area contributed by atoms with E-state index in [9.17, 15) is 9.59 Å². The molecule has 0 saturated carbocycles. The first kappa shape index (κ1) is 13.8. The van der Waals surface area contributed by atoms with Crippen LogP contribution in [0.15, 0.2) is 18.6 Å². The highest BCUT2D eigenvalue weighted by molar-refractivity contribution is 6.03. The van der Waals surface area contributed by atoms with Crippen molar-refractivity contribution in [2.24, 2.45) is 7.05 Å². The lowest BCUT2D eigenvalue weighted by atomic mass is 10.2. The molecule has 0 saturated heterocycles. The van der Waals surface area contributed by atoms with Crippen LogP contribution in [0.4, 0.5) is 0 Å². The molecule has 8 heteroatoms. The van der Waals surface area contributed by atoms with E-state index in [1.54, 1.807) is 10.9 Å². The van der Waals surface area contributed by atoms with Crippen LogP contribution < -0.4 is 5.32 Å². The second-order valence-electron chi connectivity index (χ2n) is 4.22. The van der Waals surface area contributed by atoms with Crippen LogP contribution in [0.3, 0.4) is 0 Å². The van der Waals surface area contributed by atoms with Gasteiger partial charge in [0.05, 0.1) is 18.0 Å². The number of aromatic carboxylic acids is 1. The Hall–Kier alpha value is -2.64. The Bertz CT molecular complexity index is 643. The van der Waals surface area contributed by atoms with Crippen LogP contribution in [0.5, 0.6) is 0 Å². The largest absolute Gasteiger partial charge is 0.477 e. The van der Waals surface area contributed by atoms with Crippen LogP contribution in [0.25, 0.3) is 0 Å². The number of hydrogen-bond acceptors (Lipinski definition) is 4. The average Bonchev–Trinajstić information content (AvgIpc) is 3.02. The molecule has 20 heavy (non-hydrogen) atoms. The quantitative estimate of drug-likeness (QED) is 0.816. The molecule has 8 nitrogen and oxygen atoms in total. The highest BCUT2D eigenvalue weighted by atomic mass is 16.4. The third-order valence-electron chi connectivity index (χ3n) is 2.85. The number of carbonyl (C=O) groups excluding carboxylic acids is 1. The summed E-state index contributed by atoms with van der Waals surface area (Å²) in [7, 11) is 1.48. The van der Waals surface area contributed by atoms with Crippen LogP contribution >= 0.6 is 0 Å². The smallest absolute Gasteiger partial charge is 0.354 e. The summed E-state index contributed by atoms with van der Waals surface area (Å²) in [5.41, 5.74) is 0.760. The molecule has 0 aliphatic carbocycles. The van der Waals surface area contributed by atoms with Crippen molar-refractivity contribution in [2.75, 3.05) is 0 Å². The first-order valence-electron chi connectivity index (χ1n) is 6.07. The van der Waals surface area contributed by atoms with Crippen LogP contribution in [-0.2, 0) is 20.1 Å². The molecule has 106 valence electrons. The molecule has 1 amide bonds. The standard InChI is InChI=1S/C12H15N5O3/c1-3-17-7-8(5-15-17)4-13-11(18)9-6-14-16(2)10(9)12(19)20/h5-7H,3-4H2,1-2H3,(H,13,18)(H,19,20). The highest BCUT2D eigenvalue weighted by Gasteiger charge is 2.21. The summed E-state index contributed by atoms with van der Waals surface area (Å²) >= 11 is 0. The van der Waals surface area contributed by atoms with Gasteiger partial charge >= 0.3 is 5.97 Å². The summed E-state index contributed by atoms with van der Waals surface area (Å²) in [6.45, 7) is 3.00. The van der Waals surface area contributed by atoms with E-state index in [0.29, 0.717) is 0 Å². The Morgan fingerprint density at radius 2 is 2.10 bits per heavy atom. The first-order chi connectivity index (χ1) is 9.52. The molecule has 2 aromatic heterocycles. The number of hydrogen-bond donors (Lipinski definition) is 2. The minimum Gasteiger partial charge on any atom is -0.477 e. The van der Waals surface area contributed by atoms with E-state index in [2.05, 4.69) is 15.5 Å². The van der Waals surface area contributed by atoms with Gasteiger partial charge in [-0.05, 0) is 6.92 Å². The van der Waals surface area contributed by atoms with Crippen LogP contribution in [0, 0.1) is 0 Å². The van der Waals surface area contributed by atoms with Gasteiger partial charge in [-0.2, -0.15) is 10.2 Å². The Morgan fingerprint density at radius 1 is 1.35 bits per heavy atom. The lowest BCUT2D eigenvalue weighted by molar-refractivity contribution is 0.0679. The number of carboxylic acid groups (broad SMARTS) is 1. The van der Waals surface area contributed by atoms with Crippen molar-refractivity contribution < 1.29 is 14.7 Å². The van der Waals surface area contributed by atoms with E-state index in [0.717, 1.165) is 16.8 Å². The second kappa shape index (κ2) is 5.55. The van der Waals surface area contributed by atoms with Gasteiger partial charge in [0.15, 0.2) is 5.69 Å². The normalized spacial score (nSPS) is 10.5. The molecule has 0 aliphatic heterocycles. The minimum atomic E-state index is -1.19. The van der Waals surface area contributed by atoms with Gasteiger partial charge in [-0.25, -0.2) is 4.79 Å². The van der Waals surface area contributed by atoms with Gasteiger partial charge in [0, 0.05) is 31.9 Å². The molecule has 0 bridgehead atoms. The van der Waals surface area contributed by atoms with E-state index in [4.69, 9.17) is 5.11 Å². The maximum absolute atomic E-state index is 12.0. The molecular formula is C12H15N5O3. The summed E-state index contributed by atoms with van der Waals surface area (Å²) in [6, 6.07) is 0. The molecule has 2 heterocycles. The van der Waals surface area contributed by atoms with Gasteiger partial charge in [0.25, 0.3) is 5.91 Å². The number of carbonyl (C=O) groups is 2. The number of aromatic nitrogens is 4. The predicted octanol–water partition coefficient (Wildman–Crippen LogP) is 0.265. The van der Waals surface area contributed by atoms with E-state index < -0.39 is 11.9 Å². The molecular weight excluding hydrogens is 262 g/mol. The molecule has 2 N–H and O–H groups in total. The highest BCUT2D eigenvalue weighted by Crippen LogP contribution is 2.08. The Morgan fingerprint density at radius 3 is 2.70 bits per heavy atom. The third-order valence-corrected chi connectivity index (χ3v) is 2.85. The van der Waals surface area contributed by atoms with Crippen molar-refractivity contribution in [1.29, 1.82) is 0 Å². The van der Waals surface area contributed by atoms with E-state index in [1.807, 2.05) is 13.1 Å². The van der Waals surface area contributed by atoms with Crippen molar-refractivity contribution in [2.45, 2.75) is 20.0 Å². The topological polar surface area (TPSA) is 102 Å². The van der Waals surface area contributed by atoms with Gasteiger partial charge in [-0.1, -0.05) is 0 Å². The molecule has 0 aromatic carbocycles. The van der Waals surface area contributed by atoms with Crippen molar-refractivity contribution in [3.63, 3.8) is 0 Å². The minimum absolute atomic E-state index is 0.0443. The SMILES string of the molecule is CCn1cc(CNC(=O)c2cnn(C)c2C(=O)O)cn1. The molecule has 2 rings (SSSR count). The molecule has 0 radical (unpaired) electrons. The number of aryl methyl sites for hydroxylation is 2. The first-order valence-corrected chi connectivity index (χ1v) is 6.07. The maximum atomic E-state index is 12.0. The zero-order valence-corrected chi connectivity index (χ0v) is 11.2. The fourth-order valence-corrected chi connectivity index (χ4v) is 1.81. The number of carboxylic acids is 1. The van der Waals surface area contributed by atoms with Crippen molar-refractivity contribution >= 4 is 11.9 Å².